The van der Waals surface area contributed by atoms with Crippen molar-refractivity contribution >= 4 is 66.9 Å². The second kappa shape index (κ2) is 11.2. The van der Waals surface area contributed by atoms with Crippen molar-refractivity contribution in [2.45, 2.75) is 6.92 Å². The maximum Gasteiger partial charge on any atom is 0.331 e. The molecule has 1 fully saturated rings. The zero-order valence-corrected chi connectivity index (χ0v) is 19.5. The van der Waals surface area contributed by atoms with Gasteiger partial charge >= 0.3 is 5.97 Å². The molecule has 2 rings (SSSR count). The molecule has 1 N–H and O–H groups in total. The van der Waals surface area contributed by atoms with Gasteiger partial charge < -0.3 is 14.2 Å². The SMILES string of the molecule is C=CCOc1c(OCC)cc(C=N/N=C2/NC(=O)/C(=C\C(=O)OC)S2)c(Br)c1Br. The average Bonchev–Trinajstić information content (AvgIpc) is 3.04. The number of nitrogens with one attached hydrogen (secondary N) is 1. The maximum absolute atomic E-state index is 11.8. The molecule has 0 saturated carbocycles. The third-order valence-electron chi connectivity index (χ3n) is 3.25. The monoisotopic (exact) mass is 545 g/mol. The van der Waals surface area contributed by atoms with Gasteiger partial charge in [0.2, 0.25) is 0 Å². The van der Waals surface area contributed by atoms with Crippen LogP contribution in [0.4, 0.5) is 0 Å². The van der Waals surface area contributed by atoms with Crippen LogP contribution in [-0.2, 0) is 14.3 Å². The van der Waals surface area contributed by atoms with Crippen molar-refractivity contribution in [3.63, 3.8) is 0 Å². The molecule has 0 spiro atoms. The van der Waals surface area contributed by atoms with Gasteiger partial charge in [0, 0.05) is 16.1 Å². The summed E-state index contributed by atoms with van der Waals surface area (Å²) in [5, 5.41) is 10.7. The van der Waals surface area contributed by atoms with Gasteiger partial charge in [0.15, 0.2) is 16.7 Å². The quantitative estimate of drug-likeness (QED) is 0.175. The summed E-state index contributed by atoms with van der Waals surface area (Å²) < 4.78 is 17.2. The summed E-state index contributed by atoms with van der Waals surface area (Å²) in [7, 11) is 1.23. The van der Waals surface area contributed by atoms with Crippen LogP contribution in [0.15, 0.2) is 48.9 Å². The Morgan fingerprint density at radius 3 is 2.76 bits per heavy atom. The highest BCUT2D eigenvalue weighted by molar-refractivity contribution is 9.13. The van der Waals surface area contributed by atoms with Gasteiger partial charge in [0.1, 0.15) is 6.61 Å². The van der Waals surface area contributed by atoms with Gasteiger partial charge in [-0.15, -0.1) is 5.10 Å². The lowest BCUT2D eigenvalue weighted by Gasteiger charge is -2.15. The Hall–Kier alpha value is -2.11. The van der Waals surface area contributed by atoms with Crippen molar-refractivity contribution in [1.29, 1.82) is 0 Å². The number of carbonyl (C=O) groups excluding carboxylic acids is 2. The Bertz CT molecular complexity index is 915. The third-order valence-corrected chi connectivity index (χ3v) is 6.29. The lowest BCUT2D eigenvalue weighted by Crippen LogP contribution is -2.19. The molecule has 29 heavy (non-hydrogen) atoms. The van der Waals surface area contributed by atoms with Gasteiger partial charge in [0.05, 0.1) is 29.3 Å². The highest BCUT2D eigenvalue weighted by Gasteiger charge is 2.25. The molecule has 0 aromatic heterocycles. The first-order chi connectivity index (χ1) is 13.9. The number of hydrogen-bond donors (Lipinski definition) is 1. The summed E-state index contributed by atoms with van der Waals surface area (Å²) in [4.78, 5) is 23.3. The topological polar surface area (TPSA) is 98.6 Å². The molecule has 0 unspecified atom stereocenters. The first kappa shape index (κ1) is 23.2. The molecule has 0 bridgehead atoms. The van der Waals surface area contributed by atoms with Crippen LogP contribution < -0.4 is 14.8 Å². The zero-order chi connectivity index (χ0) is 21.4. The number of halogens is 2. The van der Waals surface area contributed by atoms with Gasteiger partial charge in [-0.1, -0.05) is 12.7 Å². The number of hydrogen-bond acceptors (Lipinski definition) is 8. The molecule has 11 heteroatoms. The molecular weight excluding hydrogens is 530 g/mol. The van der Waals surface area contributed by atoms with Crippen LogP contribution in [0, 0.1) is 0 Å². The molecular formula is C18H17Br2N3O5S. The molecule has 0 radical (unpaired) electrons. The summed E-state index contributed by atoms with van der Waals surface area (Å²) in [6, 6.07) is 1.75. The number of carbonyl (C=O) groups is 2. The van der Waals surface area contributed by atoms with Gasteiger partial charge in [-0.05, 0) is 56.6 Å². The Kier molecular flexibility index (Phi) is 8.93. The van der Waals surface area contributed by atoms with Crippen LogP contribution in [0.25, 0.3) is 0 Å². The van der Waals surface area contributed by atoms with Crippen LogP contribution in [0.5, 0.6) is 11.5 Å². The van der Waals surface area contributed by atoms with Crippen molar-refractivity contribution in [2.24, 2.45) is 10.2 Å². The van der Waals surface area contributed by atoms with E-state index in [1.165, 1.54) is 13.3 Å². The molecule has 0 aliphatic carbocycles. The van der Waals surface area contributed by atoms with Crippen molar-refractivity contribution in [3.05, 3.63) is 44.2 Å². The maximum atomic E-state index is 11.8. The van der Waals surface area contributed by atoms with E-state index in [0.29, 0.717) is 39.2 Å². The van der Waals surface area contributed by atoms with E-state index in [2.05, 4.69) is 58.7 Å². The molecule has 0 atom stereocenters. The zero-order valence-electron chi connectivity index (χ0n) is 15.5. The van der Waals surface area contributed by atoms with Crippen LogP contribution in [0.2, 0.25) is 0 Å². The number of thioether (sulfide) groups is 1. The lowest BCUT2D eigenvalue weighted by atomic mass is 10.2. The largest absolute Gasteiger partial charge is 0.490 e. The van der Waals surface area contributed by atoms with Crippen molar-refractivity contribution in [3.8, 4) is 11.5 Å². The van der Waals surface area contributed by atoms with Crippen molar-refractivity contribution in [1.82, 2.24) is 5.32 Å². The summed E-state index contributed by atoms with van der Waals surface area (Å²) >= 11 is 7.97. The Morgan fingerprint density at radius 2 is 2.10 bits per heavy atom. The van der Waals surface area contributed by atoms with E-state index in [9.17, 15) is 9.59 Å². The lowest BCUT2D eigenvalue weighted by molar-refractivity contribution is -0.135. The minimum absolute atomic E-state index is 0.178. The predicted molar refractivity (Wildman–Crippen MR) is 120 cm³/mol. The van der Waals surface area contributed by atoms with Gasteiger partial charge in [-0.25, -0.2) is 4.79 Å². The smallest absolute Gasteiger partial charge is 0.331 e. The average molecular weight is 547 g/mol. The molecule has 1 amide bonds. The Balaban J connectivity index is 2.25. The van der Waals surface area contributed by atoms with Crippen molar-refractivity contribution < 1.29 is 23.8 Å². The number of ether oxygens (including phenoxy) is 3. The van der Waals surface area contributed by atoms with Crippen LogP contribution in [0.3, 0.4) is 0 Å². The van der Waals surface area contributed by atoms with E-state index in [1.807, 2.05) is 6.92 Å². The van der Waals surface area contributed by atoms with E-state index in [0.717, 1.165) is 17.8 Å². The predicted octanol–water partition coefficient (Wildman–Crippen LogP) is 3.78. The number of nitrogens with zero attached hydrogens (tertiary/aromatic N) is 2. The van der Waals surface area contributed by atoms with E-state index in [-0.39, 0.29) is 10.1 Å². The van der Waals surface area contributed by atoms with Crippen molar-refractivity contribution in [2.75, 3.05) is 20.3 Å². The molecule has 1 saturated heterocycles. The van der Waals surface area contributed by atoms with Crippen LogP contribution in [0.1, 0.15) is 12.5 Å². The molecule has 1 aromatic rings. The normalized spacial score (nSPS) is 16.3. The molecule has 1 aliphatic heterocycles. The van der Waals surface area contributed by atoms with E-state index in [4.69, 9.17) is 9.47 Å². The van der Waals surface area contributed by atoms with E-state index < -0.39 is 11.9 Å². The fourth-order valence-corrected chi connectivity index (χ4v) is 3.70. The number of methoxy groups -OCH3 is 1. The first-order valence-corrected chi connectivity index (χ1v) is 10.6. The number of amides is 1. The molecule has 1 aromatic carbocycles. The Morgan fingerprint density at radius 1 is 1.34 bits per heavy atom. The molecule has 154 valence electrons. The molecule has 1 heterocycles. The summed E-state index contributed by atoms with van der Waals surface area (Å²) in [6.07, 6.45) is 4.23. The summed E-state index contributed by atoms with van der Waals surface area (Å²) in [5.41, 5.74) is 0.676. The summed E-state index contributed by atoms with van der Waals surface area (Å²) in [5.74, 6) is 0.00712. The number of benzene rings is 1. The van der Waals surface area contributed by atoms with E-state index in [1.54, 1.807) is 12.1 Å². The minimum Gasteiger partial charge on any atom is -0.490 e. The first-order valence-electron chi connectivity index (χ1n) is 8.19. The fraction of sp³-hybridized carbons (Fsp3) is 0.222. The fourth-order valence-electron chi connectivity index (χ4n) is 2.02. The third kappa shape index (κ3) is 6.18. The van der Waals surface area contributed by atoms with E-state index >= 15 is 0 Å². The number of amidine groups is 1. The van der Waals surface area contributed by atoms with Crippen LogP contribution in [-0.4, -0.2) is 43.6 Å². The minimum atomic E-state index is -0.622. The van der Waals surface area contributed by atoms with Gasteiger partial charge in [-0.3, -0.25) is 10.1 Å². The molecule has 1 aliphatic rings. The number of rotatable bonds is 8. The summed E-state index contributed by atoms with van der Waals surface area (Å²) in [6.45, 7) is 6.29. The Labute approximate surface area is 188 Å². The standard InChI is InChI=1S/C18H17Br2N3O5S/c1-4-6-28-16-11(27-5-2)7-10(14(19)15(16)20)9-21-23-18-22-17(25)12(29-18)8-13(24)26-3/h4,7-9H,1,5-6H2,2-3H3,(H,22,23,25)/b12-8+,21-9?. The highest BCUT2D eigenvalue weighted by Crippen LogP contribution is 2.42. The molecule has 8 nitrogen and oxygen atoms in total. The van der Waals surface area contributed by atoms with Crippen LogP contribution >= 0.6 is 43.6 Å². The highest BCUT2D eigenvalue weighted by atomic mass is 79.9. The van der Waals surface area contributed by atoms with Gasteiger partial charge in [-0.2, -0.15) is 5.10 Å². The van der Waals surface area contributed by atoms with Gasteiger partial charge in [0.25, 0.3) is 5.91 Å². The second-order valence-electron chi connectivity index (χ2n) is 5.19. The second-order valence-corrected chi connectivity index (χ2v) is 7.81. The number of esters is 1.